The normalized spacial score (nSPS) is 13.8. The van der Waals surface area contributed by atoms with Crippen molar-refractivity contribution < 1.29 is 19.1 Å². The lowest BCUT2D eigenvalue weighted by atomic mass is 10.0. The zero-order valence-corrected chi connectivity index (χ0v) is 16.5. The van der Waals surface area contributed by atoms with Gasteiger partial charge in [-0.05, 0) is 35.7 Å². The Hall–Kier alpha value is -3.02. The Labute approximate surface area is 165 Å². The second-order valence-corrected chi connectivity index (χ2v) is 6.77. The molecule has 0 unspecified atom stereocenters. The van der Waals surface area contributed by atoms with Crippen LogP contribution in [0, 0.1) is 0 Å². The summed E-state index contributed by atoms with van der Waals surface area (Å²) in [4.78, 5) is 27.3. The highest BCUT2D eigenvalue weighted by molar-refractivity contribution is 5.98. The van der Waals surface area contributed by atoms with Crippen molar-refractivity contribution in [2.75, 3.05) is 20.8 Å². The van der Waals surface area contributed by atoms with Crippen LogP contribution >= 0.6 is 0 Å². The number of methoxy groups -OCH3 is 2. The van der Waals surface area contributed by atoms with Crippen molar-refractivity contribution in [2.24, 2.45) is 0 Å². The molecule has 0 aliphatic carbocycles. The molecule has 3 rings (SSSR count). The predicted octanol–water partition coefficient (Wildman–Crippen LogP) is 3.32. The van der Waals surface area contributed by atoms with Crippen LogP contribution in [0.5, 0.6) is 11.5 Å². The van der Waals surface area contributed by atoms with Crippen LogP contribution in [0.1, 0.15) is 47.3 Å². The molecule has 6 heteroatoms. The third kappa shape index (κ3) is 3.96. The van der Waals surface area contributed by atoms with E-state index in [1.807, 2.05) is 43.3 Å². The molecule has 2 aromatic carbocycles. The van der Waals surface area contributed by atoms with Crippen LogP contribution in [-0.2, 0) is 11.3 Å². The molecule has 2 amide bonds. The summed E-state index contributed by atoms with van der Waals surface area (Å²) in [6, 6.07) is 12.7. The number of ether oxygens (including phenoxy) is 2. The SMILES string of the molecule is CCCNC(=O)C[C@@H](c1ccc(OC)c(OC)c1)N1Cc2ccccc2C1=O. The number of hydrogen-bond acceptors (Lipinski definition) is 4. The van der Waals surface area contributed by atoms with E-state index in [9.17, 15) is 9.59 Å². The Kier molecular flexibility index (Phi) is 6.19. The van der Waals surface area contributed by atoms with Crippen molar-refractivity contribution in [3.05, 3.63) is 59.2 Å². The Bertz CT molecular complexity index is 865. The largest absolute Gasteiger partial charge is 0.493 e. The van der Waals surface area contributed by atoms with Crippen molar-refractivity contribution in [3.63, 3.8) is 0 Å². The van der Waals surface area contributed by atoms with Gasteiger partial charge in [-0.2, -0.15) is 0 Å². The van der Waals surface area contributed by atoms with Gasteiger partial charge in [0.15, 0.2) is 11.5 Å². The van der Waals surface area contributed by atoms with Crippen molar-refractivity contribution in [3.8, 4) is 11.5 Å². The third-order valence-corrected chi connectivity index (χ3v) is 4.97. The van der Waals surface area contributed by atoms with Gasteiger partial charge in [-0.15, -0.1) is 0 Å². The van der Waals surface area contributed by atoms with Gasteiger partial charge in [-0.3, -0.25) is 9.59 Å². The van der Waals surface area contributed by atoms with Gasteiger partial charge in [-0.25, -0.2) is 0 Å². The molecule has 0 fully saturated rings. The molecule has 28 heavy (non-hydrogen) atoms. The molecule has 1 heterocycles. The fourth-order valence-corrected chi connectivity index (χ4v) is 3.51. The molecule has 0 aromatic heterocycles. The fraction of sp³-hybridized carbons (Fsp3) is 0.364. The van der Waals surface area contributed by atoms with E-state index >= 15 is 0 Å². The van der Waals surface area contributed by atoms with E-state index in [2.05, 4.69) is 5.32 Å². The van der Waals surface area contributed by atoms with Crippen LogP contribution in [0.2, 0.25) is 0 Å². The zero-order chi connectivity index (χ0) is 20.1. The minimum Gasteiger partial charge on any atom is -0.493 e. The third-order valence-electron chi connectivity index (χ3n) is 4.97. The highest BCUT2D eigenvalue weighted by Gasteiger charge is 2.34. The van der Waals surface area contributed by atoms with Gasteiger partial charge in [-0.1, -0.05) is 31.2 Å². The summed E-state index contributed by atoms with van der Waals surface area (Å²) in [6.45, 7) is 3.10. The first-order valence-corrected chi connectivity index (χ1v) is 9.46. The molecule has 2 aromatic rings. The maximum Gasteiger partial charge on any atom is 0.255 e. The molecule has 0 saturated carbocycles. The maximum atomic E-state index is 13.0. The topological polar surface area (TPSA) is 67.9 Å². The lowest BCUT2D eigenvalue weighted by Gasteiger charge is -2.28. The summed E-state index contributed by atoms with van der Waals surface area (Å²) in [5, 5.41) is 2.91. The molecule has 1 aliphatic heterocycles. The van der Waals surface area contributed by atoms with Gasteiger partial charge in [0.05, 0.1) is 26.7 Å². The first kappa shape index (κ1) is 19.7. The number of hydrogen-bond donors (Lipinski definition) is 1. The lowest BCUT2D eigenvalue weighted by Crippen LogP contribution is -2.34. The molecule has 0 saturated heterocycles. The molecular weight excluding hydrogens is 356 g/mol. The highest BCUT2D eigenvalue weighted by Crippen LogP contribution is 2.37. The molecule has 0 bridgehead atoms. The number of nitrogens with one attached hydrogen (secondary N) is 1. The van der Waals surface area contributed by atoms with Gasteiger partial charge >= 0.3 is 0 Å². The van der Waals surface area contributed by atoms with E-state index in [0.29, 0.717) is 30.2 Å². The summed E-state index contributed by atoms with van der Waals surface area (Å²) in [5.74, 6) is 1.05. The molecular formula is C22H26N2O4. The van der Waals surface area contributed by atoms with Crippen LogP contribution in [0.25, 0.3) is 0 Å². The van der Waals surface area contributed by atoms with Crippen molar-refractivity contribution in [1.82, 2.24) is 10.2 Å². The quantitative estimate of drug-likeness (QED) is 0.761. The van der Waals surface area contributed by atoms with Crippen LogP contribution < -0.4 is 14.8 Å². The minimum atomic E-state index is -0.392. The van der Waals surface area contributed by atoms with E-state index < -0.39 is 6.04 Å². The van der Waals surface area contributed by atoms with Gasteiger partial charge in [0.1, 0.15) is 0 Å². The first-order valence-electron chi connectivity index (χ1n) is 9.46. The average Bonchev–Trinajstić information content (AvgIpc) is 3.06. The first-order chi connectivity index (χ1) is 13.6. The van der Waals surface area contributed by atoms with E-state index in [4.69, 9.17) is 9.47 Å². The van der Waals surface area contributed by atoms with Crippen LogP contribution in [-0.4, -0.2) is 37.5 Å². The van der Waals surface area contributed by atoms with E-state index in [1.165, 1.54) is 0 Å². The fourth-order valence-electron chi connectivity index (χ4n) is 3.51. The number of rotatable bonds is 8. The molecule has 0 radical (unpaired) electrons. The van der Waals surface area contributed by atoms with Crippen molar-refractivity contribution in [2.45, 2.75) is 32.4 Å². The monoisotopic (exact) mass is 382 g/mol. The predicted molar refractivity (Wildman–Crippen MR) is 107 cm³/mol. The van der Waals surface area contributed by atoms with Crippen LogP contribution in [0.15, 0.2) is 42.5 Å². The number of benzene rings is 2. The molecule has 148 valence electrons. The summed E-state index contributed by atoms with van der Waals surface area (Å²) >= 11 is 0. The number of carbonyl (C=O) groups excluding carboxylic acids is 2. The molecule has 1 aliphatic rings. The number of carbonyl (C=O) groups is 2. The summed E-state index contributed by atoms with van der Waals surface area (Å²) in [5.41, 5.74) is 2.51. The maximum absolute atomic E-state index is 13.0. The second kappa shape index (κ2) is 8.78. The Balaban J connectivity index is 1.94. The van der Waals surface area contributed by atoms with Crippen LogP contribution in [0.4, 0.5) is 0 Å². The zero-order valence-electron chi connectivity index (χ0n) is 16.5. The number of nitrogens with zero attached hydrogens (tertiary/aromatic N) is 1. The molecule has 6 nitrogen and oxygen atoms in total. The number of fused-ring (bicyclic) bond motifs is 1. The molecule has 1 atom stereocenters. The van der Waals surface area contributed by atoms with Gasteiger partial charge < -0.3 is 19.7 Å². The van der Waals surface area contributed by atoms with Gasteiger partial charge in [0.2, 0.25) is 5.91 Å². The van der Waals surface area contributed by atoms with Crippen molar-refractivity contribution >= 4 is 11.8 Å². The standard InChI is InChI=1S/C22H26N2O4/c1-4-11-23-21(25)13-18(15-9-10-19(27-2)20(12-15)28-3)24-14-16-7-5-6-8-17(16)22(24)26/h5-10,12,18H,4,11,13-14H2,1-3H3,(H,23,25)/t18-/m0/s1. The average molecular weight is 382 g/mol. The van der Waals surface area contributed by atoms with Crippen molar-refractivity contribution in [1.29, 1.82) is 0 Å². The highest BCUT2D eigenvalue weighted by atomic mass is 16.5. The van der Waals surface area contributed by atoms with Gasteiger partial charge in [0, 0.05) is 18.7 Å². The van der Waals surface area contributed by atoms with E-state index in [0.717, 1.165) is 17.5 Å². The summed E-state index contributed by atoms with van der Waals surface area (Å²) < 4.78 is 10.7. The second-order valence-electron chi connectivity index (χ2n) is 6.77. The van der Waals surface area contributed by atoms with E-state index in [1.54, 1.807) is 25.2 Å². The molecule has 0 spiro atoms. The number of amides is 2. The molecule has 1 N–H and O–H groups in total. The minimum absolute atomic E-state index is 0.0568. The van der Waals surface area contributed by atoms with E-state index in [-0.39, 0.29) is 18.2 Å². The lowest BCUT2D eigenvalue weighted by molar-refractivity contribution is -0.122. The summed E-state index contributed by atoms with van der Waals surface area (Å²) in [6.07, 6.45) is 1.05. The van der Waals surface area contributed by atoms with Gasteiger partial charge in [0.25, 0.3) is 5.91 Å². The van der Waals surface area contributed by atoms with Crippen LogP contribution in [0.3, 0.4) is 0 Å². The Morgan fingerprint density at radius 2 is 1.89 bits per heavy atom. The Morgan fingerprint density at radius 3 is 2.57 bits per heavy atom. The smallest absolute Gasteiger partial charge is 0.255 e. The summed E-state index contributed by atoms with van der Waals surface area (Å²) in [7, 11) is 3.15. The Morgan fingerprint density at radius 1 is 1.14 bits per heavy atom.